The number of benzene rings is 1. The van der Waals surface area contributed by atoms with Gasteiger partial charge in [0.1, 0.15) is 6.04 Å². The number of carboxylic acids is 1. The zero-order valence-electron chi connectivity index (χ0n) is 16.1. The van der Waals surface area contributed by atoms with E-state index in [4.69, 9.17) is 4.74 Å². The maximum Gasteiger partial charge on any atom is 0.335 e. The first-order valence-electron chi connectivity index (χ1n) is 8.65. The minimum absolute atomic E-state index is 0.0491. The van der Waals surface area contributed by atoms with Crippen molar-refractivity contribution in [2.45, 2.75) is 39.8 Å². The van der Waals surface area contributed by atoms with Crippen LogP contribution in [0.2, 0.25) is 0 Å². The molecule has 0 aliphatic carbocycles. The van der Waals surface area contributed by atoms with E-state index < -0.39 is 12.0 Å². The van der Waals surface area contributed by atoms with Crippen LogP contribution in [0.4, 0.5) is 5.69 Å². The molecule has 2 amide bonds. The number of carbonyl (C=O) groups is 3. The Labute approximate surface area is 163 Å². The number of nitrogens with zero attached hydrogens (tertiary/aromatic N) is 1. The number of methoxy groups -OCH3 is 1. The van der Waals surface area contributed by atoms with Gasteiger partial charge in [-0.25, -0.2) is 4.79 Å². The van der Waals surface area contributed by atoms with Crippen LogP contribution in [0.15, 0.2) is 18.2 Å². The molecule has 1 aromatic carbocycles. The molecule has 148 valence electrons. The normalized spacial score (nSPS) is 17.0. The van der Waals surface area contributed by atoms with Crippen molar-refractivity contribution >= 4 is 35.2 Å². The minimum atomic E-state index is -1.08. The summed E-state index contributed by atoms with van der Waals surface area (Å²) in [5, 5.41) is 12.0. The van der Waals surface area contributed by atoms with Gasteiger partial charge in [0.25, 0.3) is 0 Å². The van der Waals surface area contributed by atoms with Crippen molar-refractivity contribution in [2.75, 3.05) is 24.1 Å². The molecular weight excluding hydrogens is 368 g/mol. The number of carbonyl (C=O) groups excluding carboxylic acids is 2. The van der Waals surface area contributed by atoms with Crippen LogP contribution in [0.5, 0.6) is 0 Å². The summed E-state index contributed by atoms with van der Waals surface area (Å²) in [6, 6.07) is 4.02. The number of carboxylic acid groups (broad SMARTS) is 1. The molecule has 2 rings (SSSR count). The molecule has 0 saturated carbocycles. The number of rotatable bonds is 6. The predicted octanol–water partition coefficient (Wildman–Crippen LogP) is 2.81. The van der Waals surface area contributed by atoms with Gasteiger partial charge in [-0.15, -0.1) is 11.8 Å². The Balaban J connectivity index is 2.15. The monoisotopic (exact) mass is 394 g/mol. The van der Waals surface area contributed by atoms with E-state index in [1.54, 1.807) is 11.0 Å². The smallest absolute Gasteiger partial charge is 0.335 e. The van der Waals surface area contributed by atoms with Crippen molar-refractivity contribution < 1.29 is 24.2 Å². The number of anilines is 1. The van der Waals surface area contributed by atoms with Gasteiger partial charge in [-0.05, 0) is 29.2 Å². The highest BCUT2D eigenvalue weighted by Crippen LogP contribution is 2.27. The third-order valence-corrected chi connectivity index (χ3v) is 5.02. The first-order chi connectivity index (χ1) is 12.6. The van der Waals surface area contributed by atoms with E-state index in [-0.39, 0.29) is 29.4 Å². The zero-order valence-corrected chi connectivity index (χ0v) is 16.9. The average Bonchev–Trinajstić information content (AvgIpc) is 3.03. The largest absolute Gasteiger partial charge is 0.478 e. The fraction of sp³-hybridized carbons (Fsp3) is 0.526. The van der Waals surface area contributed by atoms with Crippen LogP contribution in [0.1, 0.15) is 43.1 Å². The van der Waals surface area contributed by atoms with Crippen molar-refractivity contribution in [1.82, 2.24) is 4.90 Å². The number of thioether (sulfide) groups is 1. The van der Waals surface area contributed by atoms with Crippen LogP contribution in [-0.2, 0) is 20.9 Å². The summed E-state index contributed by atoms with van der Waals surface area (Å²) < 4.78 is 5.06. The maximum atomic E-state index is 12.7. The van der Waals surface area contributed by atoms with Crippen molar-refractivity contribution in [3.63, 3.8) is 0 Å². The Morgan fingerprint density at radius 2 is 2.00 bits per heavy atom. The van der Waals surface area contributed by atoms with Crippen LogP contribution in [0, 0.1) is 5.41 Å². The lowest BCUT2D eigenvalue weighted by Crippen LogP contribution is -2.45. The Morgan fingerprint density at radius 3 is 2.59 bits per heavy atom. The molecule has 1 fully saturated rings. The highest BCUT2D eigenvalue weighted by Gasteiger charge is 2.35. The topological polar surface area (TPSA) is 95.9 Å². The molecule has 1 unspecified atom stereocenters. The van der Waals surface area contributed by atoms with Crippen LogP contribution in [-0.4, -0.2) is 52.6 Å². The molecule has 0 aromatic heterocycles. The van der Waals surface area contributed by atoms with Gasteiger partial charge in [-0.3, -0.25) is 9.59 Å². The lowest BCUT2D eigenvalue weighted by molar-refractivity contribution is -0.137. The van der Waals surface area contributed by atoms with Crippen LogP contribution >= 0.6 is 11.8 Å². The summed E-state index contributed by atoms with van der Waals surface area (Å²) in [5.74, 6) is -0.440. The molecule has 7 nitrogen and oxygen atoms in total. The molecule has 1 heterocycles. The zero-order chi connectivity index (χ0) is 20.2. The van der Waals surface area contributed by atoms with Gasteiger partial charge < -0.3 is 20.1 Å². The Hall–Kier alpha value is -2.06. The van der Waals surface area contributed by atoms with E-state index in [0.717, 1.165) is 0 Å². The number of hydrogen-bond acceptors (Lipinski definition) is 5. The molecule has 1 aliphatic heterocycles. The first-order valence-corrected chi connectivity index (χ1v) is 9.80. The molecule has 1 aromatic rings. The van der Waals surface area contributed by atoms with Gasteiger partial charge in [-0.2, -0.15) is 0 Å². The molecule has 0 bridgehead atoms. The van der Waals surface area contributed by atoms with Gasteiger partial charge in [0.2, 0.25) is 11.8 Å². The lowest BCUT2D eigenvalue weighted by atomic mass is 9.91. The molecule has 8 heteroatoms. The second-order valence-electron chi connectivity index (χ2n) is 7.76. The average molecular weight is 394 g/mol. The van der Waals surface area contributed by atoms with Crippen LogP contribution in [0.25, 0.3) is 0 Å². The fourth-order valence-electron chi connectivity index (χ4n) is 2.82. The number of ether oxygens (including phenoxy) is 1. The molecule has 1 atom stereocenters. The Morgan fingerprint density at radius 1 is 1.30 bits per heavy atom. The lowest BCUT2D eigenvalue weighted by Gasteiger charge is -2.27. The summed E-state index contributed by atoms with van der Waals surface area (Å²) in [6.07, 6.45) is 0.365. The van der Waals surface area contributed by atoms with Crippen molar-refractivity contribution in [3.05, 3.63) is 29.3 Å². The van der Waals surface area contributed by atoms with E-state index in [1.165, 1.54) is 31.0 Å². The van der Waals surface area contributed by atoms with Crippen molar-refractivity contribution in [1.29, 1.82) is 0 Å². The molecule has 1 aliphatic rings. The molecular formula is C19H26N2O5S. The predicted molar refractivity (Wildman–Crippen MR) is 105 cm³/mol. The van der Waals surface area contributed by atoms with E-state index in [0.29, 0.717) is 29.3 Å². The van der Waals surface area contributed by atoms with Gasteiger partial charge in [0.15, 0.2) is 0 Å². The van der Waals surface area contributed by atoms with E-state index in [1.807, 2.05) is 20.8 Å². The third-order valence-electron chi connectivity index (χ3n) is 4.01. The van der Waals surface area contributed by atoms with Crippen molar-refractivity contribution in [2.24, 2.45) is 5.41 Å². The summed E-state index contributed by atoms with van der Waals surface area (Å²) in [5.41, 5.74) is 0.943. The summed E-state index contributed by atoms with van der Waals surface area (Å²) in [4.78, 5) is 38.2. The van der Waals surface area contributed by atoms with Gasteiger partial charge >= 0.3 is 5.97 Å². The summed E-state index contributed by atoms with van der Waals surface area (Å²) in [6.45, 7) is 6.19. The summed E-state index contributed by atoms with van der Waals surface area (Å²) in [7, 11) is 1.51. The Bertz CT molecular complexity index is 729. The molecule has 0 radical (unpaired) electrons. The van der Waals surface area contributed by atoms with Gasteiger partial charge in [0, 0.05) is 25.0 Å². The van der Waals surface area contributed by atoms with Gasteiger partial charge in [-0.1, -0.05) is 20.8 Å². The van der Waals surface area contributed by atoms with Crippen LogP contribution in [0.3, 0.4) is 0 Å². The van der Waals surface area contributed by atoms with E-state index in [9.17, 15) is 19.5 Å². The number of hydrogen-bond donors (Lipinski definition) is 2. The first kappa shape index (κ1) is 21.2. The van der Waals surface area contributed by atoms with Gasteiger partial charge in [0.05, 0.1) is 18.0 Å². The highest BCUT2D eigenvalue weighted by molar-refractivity contribution is 7.99. The minimum Gasteiger partial charge on any atom is -0.478 e. The fourth-order valence-corrected chi connectivity index (χ4v) is 4.00. The van der Waals surface area contributed by atoms with Crippen LogP contribution < -0.4 is 5.32 Å². The maximum absolute atomic E-state index is 12.7. The standard InChI is InChI=1S/C19H26N2O5S/c1-19(2,3)8-16(22)21-11-27-10-15(21)17(23)20-14-6-12(9-26-4)5-13(7-14)18(24)25/h5-7,15H,8-11H2,1-4H3,(H,20,23)(H,24,25). The number of aromatic carboxylic acids is 1. The molecule has 1 saturated heterocycles. The molecule has 0 spiro atoms. The van der Waals surface area contributed by atoms with E-state index >= 15 is 0 Å². The molecule has 2 N–H and O–H groups in total. The highest BCUT2D eigenvalue weighted by atomic mass is 32.2. The number of nitrogens with one attached hydrogen (secondary N) is 1. The number of amides is 2. The third kappa shape index (κ3) is 5.97. The molecule has 27 heavy (non-hydrogen) atoms. The SMILES string of the molecule is COCc1cc(NC(=O)C2CSCN2C(=O)CC(C)(C)C)cc(C(=O)O)c1. The summed E-state index contributed by atoms with van der Waals surface area (Å²) >= 11 is 1.53. The van der Waals surface area contributed by atoms with E-state index in [2.05, 4.69) is 5.32 Å². The van der Waals surface area contributed by atoms with Crippen molar-refractivity contribution in [3.8, 4) is 0 Å². The second-order valence-corrected chi connectivity index (χ2v) is 8.76. The quantitative estimate of drug-likeness (QED) is 0.770. The second kappa shape index (κ2) is 8.75. The Kier molecular flexibility index (Phi) is 6.89.